The average Bonchev–Trinajstić information content (AvgIpc) is 3.37. The van der Waals surface area contributed by atoms with E-state index in [4.69, 9.17) is 0 Å². The molecule has 2 heterocycles. The van der Waals surface area contributed by atoms with Crippen molar-refractivity contribution in [2.75, 3.05) is 13.1 Å². The summed E-state index contributed by atoms with van der Waals surface area (Å²) in [6.07, 6.45) is 6.46. The molecule has 5 rings (SSSR count). The molecule has 0 saturated carbocycles. The number of rotatable bonds is 4. The van der Waals surface area contributed by atoms with Gasteiger partial charge < -0.3 is 10.2 Å². The van der Waals surface area contributed by atoms with Gasteiger partial charge in [0.25, 0.3) is 11.8 Å². The number of likely N-dealkylation sites (tertiary alicyclic amines) is 1. The van der Waals surface area contributed by atoms with Crippen molar-refractivity contribution in [3.8, 4) is 0 Å². The summed E-state index contributed by atoms with van der Waals surface area (Å²) in [5.74, 6) is -0.236. The molecule has 0 radical (unpaired) electrons. The van der Waals surface area contributed by atoms with Crippen LogP contribution in [0.2, 0.25) is 0 Å². The normalized spacial score (nSPS) is 22.8. The maximum atomic E-state index is 13.4. The van der Waals surface area contributed by atoms with E-state index in [9.17, 15) is 14.4 Å². The highest BCUT2D eigenvalue weighted by Crippen LogP contribution is 2.33. The average molecular weight is 432 g/mol. The van der Waals surface area contributed by atoms with E-state index in [2.05, 4.69) is 17.4 Å². The molecule has 0 bridgehead atoms. The van der Waals surface area contributed by atoms with Crippen molar-refractivity contribution in [2.24, 2.45) is 0 Å². The van der Waals surface area contributed by atoms with Crippen LogP contribution in [0.4, 0.5) is 4.79 Å². The number of carbonyl (C=O) groups excluding carboxylic acids is 3. The Bertz CT molecular complexity index is 1090. The summed E-state index contributed by atoms with van der Waals surface area (Å²) >= 11 is 0. The summed E-state index contributed by atoms with van der Waals surface area (Å²) in [4.78, 5) is 42.2. The minimum atomic E-state index is -1.07. The number of benzene rings is 2. The zero-order valence-electron chi connectivity index (χ0n) is 18.5. The Kier molecular flexibility index (Phi) is 5.24. The number of amides is 4. The maximum Gasteiger partial charge on any atom is 0.325 e. The van der Waals surface area contributed by atoms with E-state index in [0.717, 1.165) is 56.3 Å². The van der Waals surface area contributed by atoms with Crippen molar-refractivity contribution < 1.29 is 14.4 Å². The van der Waals surface area contributed by atoms with Gasteiger partial charge in [-0.15, -0.1) is 0 Å². The molecule has 0 aromatic heterocycles. The minimum Gasteiger partial charge on any atom is -0.339 e. The number of nitrogens with zero attached hydrogens (tertiary/aromatic N) is 2. The topological polar surface area (TPSA) is 69.7 Å². The lowest BCUT2D eigenvalue weighted by molar-refractivity contribution is -0.131. The van der Waals surface area contributed by atoms with E-state index < -0.39 is 11.6 Å². The molecule has 6 heteroatoms. The van der Waals surface area contributed by atoms with E-state index in [1.165, 1.54) is 22.4 Å². The van der Waals surface area contributed by atoms with Gasteiger partial charge in [-0.25, -0.2) is 4.79 Å². The molecule has 2 saturated heterocycles. The molecule has 2 fully saturated rings. The Balaban J connectivity index is 1.35. The van der Waals surface area contributed by atoms with Crippen molar-refractivity contribution in [2.45, 2.75) is 57.5 Å². The van der Waals surface area contributed by atoms with Gasteiger partial charge in [-0.1, -0.05) is 30.3 Å². The third-order valence-electron chi connectivity index (χ3n) is 7.11. The van der Waals surface area contributed by atoms with Gasteiger partial charge in [0.1, 0.15) is 5.54 Å². The minimum absolute atomic E-state index is 0.0201. The molecule has 0 spiro atoms. The summed E-state index contributed by atoms with van der Waals surface area (Å²) in [6, 6.07) is 13.0. The van der Waals surface area contributed by atoms with Crippen LogP contribution in [0.1, 0.15) is 65.2 Å². The number of piperidine rings is 1. The number of hydrogen-bond donors (Lipinski definition) is 1. The number of imide groups is 1. The lowest BCUT2D eigenvalue weighted by Gasteiger charge is -2.27. The van der Waals surface area contributed by atoms with Gasteiger partial charge in [0.05, 0.1) is 6.54 Å². The molecule has 6 nitrogen and oxygen atoms in total. The predicted octanol–water partition coefficient (Wildman–Crippen LogP) is 3.77. The first-order valence-electron chi connectivity index (χ1n) is 11.6. The molecule has 3 aliphatic rings. The van der Waals surface area contributed by atoms with Crippen LogP contribution in [-0.2, 0) is 29.7 Å². The molecule has 166 valence electrons. The number of aryl methyl sites for hydroxylation is 2. The standard InChI is InChI=1S/C26H29N3O3/c1-26(22-12-11-19-8-6-9-20(19)16-22)24(31)29(25(32)27-26)17-18-7-5-10-21(15-18)23(30)28-13-3-2-4-14-28/h5,7,10-12,15-16H,2-4,6,8-9,13-14,17H2,1H3,(H,27,32). The second kappa shape index (κ2) is 8.08. The van der Waals surface area contributed by atoms with Gasteiger partial charge in [0.15, 0.2) is 0 Å². The van der Waals surface area contributed by atoms with Gasteiger partial charge in [0, 0.05) is 18.7 Å². The Morgan fingerprint density at radius 2 is 1.75 bits per heavy atom. The Morgan fingerprint density at radius 3 is 2.56 bits per heavy atom. The van der Waals surface area contributed by atoms with Crippen LogP contribution in [0, 0.1) is 0 Å². The second-order valence-corrected chi connectivity index (χ2v) is 9.34. The number of nitrogens with one attached hydrogen (secondary N) is 1. The molecule has 1 aliphatic carbocycles. The SMILES string of the molecule is CC1(c2ccc3c(c2)CCC3)NC(=O)N(Cc2cccc(C(=O)N3CCCCC3)c2)C1=O. The van der Waals surface area contributed by atoms with Crippen molar-refractivity contribution in [3.63, 3.8) is 0 Å². The Hall–Kier alpha value is -3.15. The Morgan fingerprint density at radius 1 is 0.969 bits per heavy atom. The number of hydrogen-bond acceptors (Lipinski definition) is 3. The van der Waals surface area contributed by atoms with Crippen molar-refractivity contribution in [3.05, 3.63) is 70.3 Å². The number of urea groups is 1. The first-order valence-corrected chi connectivity index (χ1v) is 11.6. The lowest BCUT2D eigenvalue weighted by Crippen LogP contribution is -2.41. The summed E-state index contributed by atoms with van der Waals surface area (Å²) in [5, 5.41) is 2.91. The summed E-state index contributed by atoms with van der Waals surface area (Å²) in [7, 11) is 0. The Labute approximate surface area is 188 Å². The summed E-state index contributed by atoms with van der Waals surface area (Å²) in [6.45, 7) is 3.50. The highest BCUT2D eigenvalue weighted by Gasteiger charge is 2.49. The molecule has 1 N–H and O–H groups in total. The van der Waals surface area contributed by atoms with Gasteiger partial charge in [-0.3, -0.25) is 14.5 Å². The number of carbonyl (C=O) groups is 3. The van der Waals surface area contributed by atoms with Crippen LogP contribution in [-0.4, -0.2) is 40.7 Å². The molecule has 2 aromatic rings. The zero-order valence-corrected chi connectivity index (χ0v) is 18.5. The molecular weight excluding hydrogens is 402 g/mol. The highest BCUT2D eigenvalue weighted by molar-refractivity contribution is 6.07. The molecule has 1 atom stereocenters. The highest BCUT2D eigenvalue weighted by atomic mass is 16.2. The molecular formula is C26H29N3O3. The fraction of sp³-hybridized carbons (Fsp3) is 0.423. The first kappa shape index (κ1) is 20.7. The fourth-order valence-corrected chi connectivity index (χ4v) is 5.18. The third kappa shape index (κ3) is 3.57. The van der Waals surface area contributed by atoms with Crippen molar-refractivity contribution in [1.29, 1.82) is 0 Å². The quantitative estimate of drug-likeness (QED) is 0.750. The monoisotopic (exact) mass is 431 g/mol. The first-order chi connectivity index (χ1) is 15.5. The second-order valence-electron chi connectivity index (χ2n) is 9.34. The van der Waals surface area contributed by atoms with Crippen LogP contribution < -0.4 is 5.32 Å². The lowest BCUT2D eigenvalue weighted by atomic mass is 9.89. The van der Waals surface area contributed by atoms with Crippen LogP contribution in [0.25, 0.3) is 0 Å². The van der Waals surface area contributed by atoms with E-state index >= 15 is 0 Å². The summed E-state index contributed by atoms with van der Waals surface area (Å²) < 4.78 is 0. The third-order valence-corrected chi connectivity index (χ3v) is 7.11. The van der Waals surface area contributed by atoms with E-state index in [0.29, 0.717) is 5.56 Å². The smallest absolute Gasteiger partial charge is 0.325 e. The summed E-state index contributed by atoms with van der Waals surface area (Å²) in [5.41, 5.74) is 3.74. The van der Waals surface area contributed by atoms with Crippen molar-refractivity contribution >= 4 is 17.8 Å². The molecule has 32 heavy (non-hydrogen) atoms. The van der Waals surface area contributed by atoms with E-state index in [1.807, 2.05) is 29.2 Å². The van der Waals surface area contributed by atoms with Gasteiger partial charge in [-0.2, -0.15) is 0 Å². The van der Waals surface area contributed by atoms with Gasteiger partial charge in [0.2, 0.25) is 0 Å². The van der Waals surface area contributed by atoms with E-state index in [1.54, 1.807) is 13.0 Å². The molecule has 2 aliphatic heterocycles. The van der Waals surface area contributed by atoms with Crippen LogP contribution in [0.15, 0.2) is 42.5 Å². The van der Waals surface area contributed by atoms with Crippen molar-refractivity contribution in [1.82, 2.24) is 15.1 Å². The molecule has 4 amide bonds. The maximum absolute atomic E-state index is 13.4. The van der Waals surface area contributed by atoms with Crippen LogP contribution in [0.3, 0.4) is 0 Å². The zero-order chi connectivity index (χ0) is 22.3. The molecule has 2 aromatic carbocycles. The van der Waals surface area contributed by atoms with Gasteiger partial charge >= 0.3 is 6.03 Å². The predicted molar refractivity (Wildman–Crippen MR) is 121 cm³/mol. The fourth-order valence-electron chi connectivity index (χ4n) is 5.18. The largest absolute Gasteiger partial charge is 0.339 e. The molecule has 1 unspecified atom stereocenters. The van der Waals surface area contributed by atoms with E-state index in [-0.39, 0.29) is 18.4 Å². The van der Waals surface area contributed by atoms with Crippen LogP contribution in [0.5, 0.6) is 0 Å². The van der Waals surface area contributed by atoms with Gasteiger partial charge in [-0.05, 0) is 79.8 Å². The number of fused-ring (bicyclic) bond motifs is 1. The van der Waals surface area contributed by atoms with Crippen LogP contribution >= 0.6 is 0 Å².